The highest BCUT2D eigenvalue weighted by atomic mass is 79.9. The van der Waals surface area contributed by atoms with Gasteiger partial charge in [-0.05, 0) is 26.0 Å². The molecule has 1 aromatic rings. The first kappa shape index (κ1) is 12.8. The molecule has 0 atom stereocenters. The molecule has 0 heterocycles. The molecule has 0 saturated heterocycles. The van der Waals surface area contributed by atoms with E-state index in [9.17, 15) is 4.79 Å². The van der Waals surface area contributed by atoms with Gasteiger partial charge in [0.25, 0.3) is 0 Å². The van der Waals surface area contributed by atoms with E-state index in [1.54, 1.807) is 19.1 Å². The Kier molecular flexibility index (Phi) is 4.61. The zero-order chi connectivity index (χ0) is 12.1. The van der Waals surface area contributed by atoms with E-state index in [4.69, 9.17) is 15.2 Å². The molecule has 0 aliphatic rings. The third-order valence-corrected chi connectivity index (χ3v) is 2.36. The van der Waals surface area contributed by atoms with E-state index in [1.807, 2.05) is 6.92 Å². The van der Waals surface area contributed by atoms with Crippen molar-refractivity contribution in [2.75, 3.05) is 18.9 Å². The lowest BCUT2D eigenvalue weighted by atomic mass is 10.1. The van der Waals surface area contributed by atoms with Gasteiger partial charge in [-0.2, -0.15) is 0 Å². The fourth-order valence-electron chi connectivity index (χ4n) is 1.25. The molecule has 16 heavy (non-hydrogen) atoms. The second-order valence-corrected chi connectivity index (χ2v) is 3.93. The van der Waals surface area contributed by atoms with Crippen molar-refractivity contribution in [2.24, 2.45) is 0 Å². The van der Waals surface area contributed by atoms with Crippen LogP contribution in [0.15, 0.2) is 16.6 Å². The number of carbonyl (C=O) groups excluding carboxylic acids is 1. The summed E-state index contributed by atoms with van der Waals surface area (Å²) in [6, 6.07) is 3.34. The maximum absolute atomic E-state index is 11.6. The number of nitrogen functional groups attached to an aromatic ring is 1. The normalized spacial score (nSPS) is 9.94. The third kappa shape index (κ3) is 2.88. The number of esters is 1. The van der Waals surface area contributed by atoms with E-state index in [2.05, 4.69) is 15.9 Å². The van der Waals surface area contributed by atoms with Crippen molar-refractivity contribution in [2.45, 2.75) is 13.8 Å². The van der Waals surface area contributed by atoms with Crippen LogP contribution in [0.5, 0.6) is 5.75 Å². The summed E-state index contributed by atoms with van der Waals surface area (Å²) >= 11 is 3.29. The molecule has 0 radical (unpaired) electrons. The van der Waals surface area contributed by atoms with Crippen LogP contribution in [0.2, 0.25) is 0 Å². The van der Waals surface area contributed by atoms with Crippen LogP contribution in [0.4, 0.5) is 5.69 Å². The van der Waals surface area contributed by atoms with E-state index in [0.717, 1.165) is 4.47 Å². The summed E-state index contributed by atoms with van der Waals surface area (Å²) < 4.78 is 11.0. The highest BCUT2D eigenvalue weighted by Gasteiger charge is 2.15. The number of rotatable bonds is 4. The Labute approximate surface area is 103 Å². The first-order valence-corrected chi connectivity index (χ1v) is 5.78. The lowest BCUT2D eigenvalue weighted by Crippen LogP contribution is -2.09. The molecule has 88 valence electrons. The smallest absolute Gasteiger partial charge is 0.340 e. The first-order chi connectivity index (χ1) is 7.60. The minimum Gasteiger partial charge on any atom is -0.492 e. The van der Waals surface area contributed by atoms with Crippen LogP contribution in [0.3, 0.4) is 0 Å². The number of ether oxygens (including phenoxy) is 2. The van der Waals surface area contributed by atoms with Gasteiger partial charge in [0.15, 0.2) is 0 Å². The van der Waals surface area contributed by atoms with Gasteiger partial charge in [0.05, 0.1) is 24.5 Å². The topological polar surface area (TPSA) is 61.5 Å². The molecule has 0 saturated carbocycles. The molecule has 1 aromatic carbocycles. The molecule has 1 rings (SSSR count). The summed E-state index contributed by atoms with van der Waals surface area (Å²) in [4.78, 5) is 11.6. The standard InChI is InChI=1S/C11H14BrNO3/c1-3-15-9-6-7(12)5-8(10(9)13)11(14)16-4-2/h5-6H,3-4,13H2,1-2H3. The van der Waals surface area contributed by atoms with Gasteiger partial charge in [-0.3, -0.25) is 0 Å². The van der Waals surface area contributed by atoms with Gasteiger partial charge in [-0.1, -0.05) is 15.9 Å². The van der Waals surface area contributed by atoms with Crippen LogP contribution in [-0.4, -0.2) is 19.2 Å². The minimum atomic E-state index is -0.442. The minimum absolute atomic E-state index is 0.309. The molecular formula is C11H14BrNO3. The predicted octanol–water partition coefficient (Wildman–Crippen LogP) is 2.61. The Bertz CT molecular complexity index is 393. The highest BCUT2D eigenvalue weighted by Crippen LogP contribution is 2.30. The largest absolute Gasteiger partial charge is 0.492 e. The average Bonchev–Trinajstić information content (AvgIpc) is 2.23. The summed E-state index contributed by atoms with van der Waals surface area (Å²) in [6.45, 7) is 4.40. The van der Waals surface area contributed by atoms with E-state index < -0.39 is 5.97 Å². The van der Waals surface area contributed by atoms with Crippen molar-refractivity contribution < 1.29 is 14.3 Å². The van der Waals surface area contributed by atoms with Crippen LogP contribution in [0.25, 0.3) is 0 Å². The monoisotopic (exact) mass is 287 g/mol. The van der Waals surface area contributed by atoms with Crippen molar-refractivity contribution in [3.63, 3.8) is 0 Å². The highest BCUT2D eigenvalue weighted by molar-refractivity contribution is 9.10. The molecule has 2 N–H and O–H groups in total. The second-order valence-electron chi connectivity index (χ2n) is 3.02. The Morgan fingerprint density at radius 2 is 2.06 bits per heavy atom. The number of anilines is 1. The number of hydrogen-bond donors (Lipinski definition) is 1. The fourth-order valence-corrected chi connectivity index (χ4v) is 1.68. The maximum Gasteiger partial charge on any atom is 0.340 e. The first-order valence-electron chi connectivity index (χ1n) is 4.99. The SMILES string of the molecule is CCOC(=O)c1cc(Br)cc(OCC)c1N. The predicted molar refractivity (Wildman–Crippen MR) is 65.7 cm³/mol. The fraction of sp³-hybridized carbons (Fsp3) is 0.364. The van der Waals surface area contributed by atoms with Crippen LogP contribution in [0.1, 0.15) is 24.2 Å². The van der Waals surface area contributed by atoms with Crippen LogP contribution >= 0.6 is 15.9 Å². The Hall–Kier alpha value is -1.23. The number of halogens is 1. The Morgan fingerprint density at radius 3 is 2.62 bits per heavy atom. The Balaban J connectivity index is 3.13. The molecule has 0 amide bonds. The summed E-state index contributed by atoms with van der Waals surface area (Å²) in [6.07, 6.45) is 0. The molecule has 0 fully saturated rings. The summed E-state index contributed by atoms with van der Waals surface area (Å²) in [7, 11) is 0. The van der Waals surface area contributed by atoms with Gasteiger partial charge in [-0.15, -0.1) is 0 Å². The molecule has 5 heteroatoms. The van der Waals surface area contributed by atoms with Crippen molar-refractivity contribution in [3.8, 4) is 5.75 Å². The summed E-state index contributed by atoms with van der Waals surface area (Å²) in [5, 5.41) is 0. The zero-order valence-electron chi connectivity index (χ0n) is 9.25. The van der Waals surface area contributed by atoms with Gasteiger partial charge in [0.2, 0.25) is 0 Å². The summed E-state index contributed by atoms with van der Waals surface area (Å²) in [5.41, 5.74) is 6.45. The molecule has 0 unspecified atom stereocenters. The number of hydrogen-bond acceptors (Lipinski definition) is 4. The van der Waals surface area contributed by atoms with Crippen LogP contribution in [0, 0.1) is 0 Å². The van der Waals surface area contributed by atoms with Gasteiger partial charge < -0.3 is 15.2 Å². The molecule has 0 spiro atoms. The van der Waals surface area contributed by atoms with Crippen molar-refractivity contribution in [1.29, 1.82) is 0 Å². The third-order valence-electron chi connectivity index (χ3n) is 1.90. The van der Waals surface area contributed by atoms with Gasteiger partial charge in [-0.25, -0.2) is 4.79 Å². The zero-order valence-corrected chi connectivity index (χ0v) is 10.8. The van der Waals surface area contributed by atoms with Crippen LogP contribution < -0.4 is 10.5 Å². The molecular weight excluding hydrogens is 274 g/mol. The average molecular weight is 288 g/mol. The van der Waals surface area contributed by atoms with E-state index in [1.165, 1.54) is 0 Å². The van der Waals surface area contributed by atoms with Crippen molar-refractivity contribution >= 4 is 27.6 Å². The molecule has 0 aliphatic heterocycles. The maximum atomic E-state index is 11.6. The molecule has 0 aromatic heterocycles. The summed E-state index contributed by atoms with van der Waals surface area (Å²) in [5.74, 6) is 0.0437. The molecule has 4 nitrogen and oxygen atoms in total. The lowest BCUT2D eigenvalue weighted by Gasteiger charge is -2.11. The number of carbonyl (C=O) groups is 1. The van der Waals surface area contributed by atoms with E-state index in [-0.39, 0.29) is 0 Å². The Morgan fingerprint density at radius 1 is 1.38 bits per heavy atom. The van der Waals surface area contributed by atoms with Gasteiger partial charge in [0.1, 0.15) is 5.75 Å². The van der Waals surface area contributed by atoms with Crippen molar-refractivity contribution in [3.05, 3.63) is 22.2 Å². The quantitative estimate of drug-likeness (QED) is 0.683. The molecule has 0 aliphatic carbocycles. The lowest BCUT2D eigenvalue weighted by molar-refractivity contribution is 0.0527. The van der Waals surface area contributed by atoms with E-state index in [0.29, 0.717) is 30.2 Å². The number of nitrogens with two attached hydrogens (primary N) is 1. The van der Waals surface area contributed by atoms with Gasteiger partial charge in [0, 0.05) is 4.47 Å². The van der Waals surface area contributed by atoms with Crippen LogP contribution in [-0.2, 0) is 4.74 Å². The van der Waals surface area contributed by atoms with E-state index >= 15 is 0 Å². The van der Waals surface area contributed by atoms with Crippen molar-refractivity contribution in [1.82, 2.24) is 0 Å². The van der Waals surface area contributed by atoms with Gasteiger partial charge >= 0.3 is 5.97 Å². The molecule has 0 bridgehead atoms. The second kappa shape index (κ2) is 5.75. The number of benzene rings is 1.